The number of nitrogens with one attached hydrogen (secondary N) is 1. The molecule has 1 saturated carbocycles. The SMILES string of the molecule is CCNC1CCCC1Cc1c(C)cc(C)cc1C. The zero-order chi connectivity index (χ0) is 13.1. The first-order valence-corrected chi connectivity index (χ1v) is 7.42. The van der Waals surface area contributed by atoms with E-state index in [1.54, 1.807) is 5.56 Å². The van der Waals surface area contributed by atoms with Gasteiger partial charge < -0.3 is 5.32 Å². The zero-order valence-electron chi connectivity index (χ0n) is 12.3. The van der Waals surface area contributed by atoms with Crippen LogP contribution in [0.25, 0.3) is 0 Å². The first kappa shape index (κ1) is 13.6. The molecule has 0 amide bonds. The monoisotopic (exact) mass is 245 g/mol. The van der Waals surface area contributed by atoms with Crippen LogP contribution in [0.5, 0.6) is 0 Å². The lowest BCUT2D eigenvalue weighted by Crippen LogP contribution is -2.33. The van der Waals surface area contributed by atoms with Crippen LogP contribution in [-0.4, -0.2) is 12.6 Å². The summed E-state index contributed by atoms with van der Waals surface area (Å²) in [6.45, 7) is 10.1. The topological polar surface area (TPSA) is 12.0 Å². The highest BCUT2D eigenvalue weighted by Gasteiger charge is 2.27. The van der Waals surface area contributed by atoms with Gasteiger partial charge in [0.25, 0.3) is 0 Å². The summed E-state index contributed by atoms with van der Waals surface area (Å²) in [6.07, 6.45) is 5.41. The second kappa shape index (κ2) is 5.88. The molecule has 100 valence electrons. The highest BCUT2D eigenvalue weighted by atomic mass is 14.9. The number of hydrogen-bond acceptors (Lipinski definition) is 1. The third-order valence-electron chi connectivity index (χ3n) is 4.43. The Morgan fingerprint density at radius 2 is 1.78 bits per heavy atom. The first-order valence-electron chi connectivity index (χ1n) is 7.42. The van der Waals surface area contributed by atoms with Gasteiger partial charge in [0.1, 0.15) is 0 Å². The summed E-state index contributed by atoms with van der Waals surface area (Å²) in [7, 11) is 0. The van der Waals surface area contributed by atoms with Gasteiger partial charge in [-0.05, 0) is 69.2 Å². The van der Waals surface area contributed by atoms with Gasteiger partial charge in [-0.3, -0.25) is 0 Å². The Hall–Kier alpha value is -0.820. The van der Waals surface area contributed by atoms with Gasteiger partial charge in [-0.15, -0.1) is 0 Å². The molecule has 1 aliphatic carbocycles. The van der Waals surface area contributed by atoms with Crippen LogP contribution in [0.2, 0.25) is 0 Å². The van der Waals surface area contributed by atoms with Crippen LogP contribution < -0.4 is 5.32 Å². The normalized spacial score (nSPS) is 23.6. The van der Waals surface area contributed by atoms with Crippen molar-refractivity contribution in [3.8, 4) is 0 Å². The molecule has 1 aromatic carbocycles. The minimum absolute atomic E-state index is 0.745. The van der Waals surface area contributed by atoms with Crippen molar-refractivity contribution in [3.05, 3.63) is 34.4 Å². The van der Waals surface area contributed by atoms with Gasteiger partial charge in [-0.25, -0.2) is 0 Å². The third-order valence-corrected chi connectivity index (χ3v) is 4.43. The molecule has 0 aromatic heterocycles. The summed E-state index contributed by atoms with van der Waals surface area (Å²) in [5, 5.41) is 3.67. The minimum Gasteiger partial charge on any atom is -0.314 e. The lowest BCUT2D eigenvalue weighted by atomic mass is 9.89. The molecular formula is C17H27N. The summed E-state index contributed by atoms with van der Waals surface area (Å²) in [4.78, 5) is 0. The van der Waals surface area contributed by atoms with Crippen molar-refractivity contribution in [3.63, 3.8) is 0 Å². The van der Waals surface area contributed by atoms with Crippen LogP contribution in [0.15, 0.2) is 12.1 Å². The van der Waals surface area contributed by atoms with E-state index in [1.165, 1.54) is 42.4 Å². The molecule has 0 bridgehead atoms. The predicted molar refractivity (Wildman–Crippen MR) is 79.2 cm³/mol. The molecule has 0 heterocycles. The van der Waals surface area contributed by atoms with E-state index < -0.39 is 0 Å². The molecule has 1 nitrogen and oxygen atoms in total. The van der Waals surface area contributed by atoms with Crippen molar-refractivity contribution in [2.75, 3.05) is 6.54 Å². The van der Waals surface area contributed by atoms with Crippen molar-refractivity contribution in [1.82, 2.24) is 5.32 Å². The Kier molecular flexibility index (Phi) is 4.45. The maximum absolute atomic E-state index is 3.67. The molecule has 1 aliphatic rings. The summed E-state index contributed by atoms with van der Waals surface area (Å²) >= 11 is 0. The highest BCUT2D eigenvalue weighted by molar-refractivity contribution is 5.37. The average molecular weight is 245 g/mol. The van der Waals surface area contributed by atoms with Gasteiger partial charge in [0, 0.05) is 6.04 Å². The van der Waals surface area contributed by atoms with Gasteiger partial charge >= 0.3 is 0 Å². The van der Waals surface area contributed by atoms with Gasteiger partial charge in [0.15, 0.2) is 0 Å². The fraction of sp³-hybridized carbons (Fsp3) is 0.647. The molecule has 2 unspecified atom stereocenters. The third kappa shape index (κ3) is 2.95. The second-order valence-corrected chi connectivity index (χ2v) is 5.94. The quantitative estimate of drug-likeness (QED) is 0.847. The van der Waals surface area contributed by atoms with E-state index in [-0.39, 0.29) is 0 Å². The summed E-state index contributed by atoms with van der Waals surface area (Å²) in [5.74, 6) is 0.838. The van der Waals surface area contributed by atoms with E-state index >= 15 is 0 Å². The lowest BCUT2D eigenvalue weighted by Gasteiger charge is -2.22. The van der Waals surface area contributed by atoms with Crippen LogP contribution in [0, 0.1) is 26.7 Å². The minimum atomic E-state index is 0.745. The van der Waals surface area contributed by atoms with Crippen molar-refractivity contribution < 1.29 is 0 Å². The van der Waals surface area contributed by atoms with Crippen LogP contribution in [0.3, 0.4) is 0 Å². The molecule has 0 spiro atoms. The molecule has 1 heteroatoms. The Balaban J connectivity index is 2.14. The molecule has 0 saturated heterocycles. The van der Waals surface area contributed by atoms with Crippen molar-refractivity contribution in [1.29, 1.82) is 0 Å². The van der Waals surface area contributed by atoms with Gasteiger partial charge in [-0.1, -0.05) is 31.0 Å². The molecular weight excluding hydrogens is 218 g/mol. The number of hydrogen-bond donors (Lipinski definition) is 1. The lowest BCUT2D eigenvalue weighted by molar-refractivity contribution is 0.405. The van der Waals surface area contributed by atoms with E-state index in [2.05, 4.69) is 45.1 Å². The Morgan fingerprint density at radius 1 is 1.11 bits per heavy atom. The van der Waals surface area contributed by atoms with E-state index in [4.69, 9.17) is 0 Å². The largest absolute Gasteiger partial charge is 0.314 e. The van der Waals surface area contributed by atoms with Gasteiger partial charge in [0.2, 0.25) is 0 Å². The van der Waals surface area contributed by atoms with Crippen LogP contribution in [0.4, 0.5) is 0 Å². The van der Waals surface area contributed by atoms with Crippen molar-refractivity contribution >= 4 is 0 Å². The Morgan fingerprint density at radius 3 is 2.39 bits per heavy atom. The molecule has 2 atom stereocenters. The van der Waals surface area contributed by atoms with E-state index in [0.717, 1.165) is 18.5 Å². The van der Waals surface area contributed by atoms with Crippen molar-refractivity contribution in [2.24, 2.45) is 5.92 Å². The van der Waals surface area contributed by atoms with E-state index in [0.29, 0.717) is 0 Å². The van der Waals surface area contributed by atoms with E-state index in [1.807, 2.05) is 0 Å². The fourth-order valence-corrected chi connectivity index (χ4v) is 3.61. The number of rotatable bonds is 4. The zero-order valence-corrected chi connectivity index (χ0v) is 12.3. The molecule has 18 heavy (non-hydrogen) atoms. The van der Waals surface area contributed by atoms with E-state index in [9.17, 15) is 0 Å². The molecule has 1 fully saturated rings. The molecule has 1 N–H and O–H groups in total. The van der Waals surface area contributed by atoms with Crippen LogP contribution in [0.1, 0.15) is 48.4 Å². The summed E-state index contributed by atoms with van der Waals surface area (Å²) in [6, 6.07) is 5.41. The van der Waals surface area contributed by atoms with Crippen molar-refractivity contribution in [2.45, 2.75) is 59.4 Å². The first-order chi connectivity index (χ1) is 8.61. The number of aryl methyl sites for hydroxylation is 3. The van der Waals surface area contributed by atoms with Gasteiger partial charge in [0.05, 0.1) is 0 Å². The number of benzene rings is 1. The predicted octanol–water partition coefficient (Wildman–Crippen LogP) is 3.93. The smallest absolute Gasteiger partial charge is 0.00983 e. The molecule has 0 radical (unpaired) electrons. The molecule has 2 rings (SSSR count). The Labute approximate surface area is 112 Å². The highest BCUT2D eigenvalue weighted by Crippen LogP contribution is 2.31. The molecule has 1 aromatic rings. The Bertz CT molecular complexity index is 385. The van der Waals surface area contributed by atoms with Gasteiger partial charge in [-0.2, -0.15) is 0 Å². The molecule has 0 aliphatic heterocycles. The summed E-state index contributed by atoms with van der Waals surface area (Å²) in [5.41, 5.74) is 5.95. The average Bonchev–Trinajstić information content (AvgIpc) is 2.71. The standard InChI is InChI=1S/C17H27N/c1-5-18-17-8-6-7-15(17)11-16-13(3)9-12(2)10-14(16)4/h9-10,15,17-18H,5-8,11H2,1-4H3. The maximum Gasteiger partial charge on any atom is 0.00983 e. The summed E-state index contributed by atoms with van der Waals surface area (Å²) < 4.78 is 0. The van der Waals surface area contributed by atoms with Crippen LogP contribution in [-0.2, 0) is 6.42 Å². The fourth-order valence-electron chi connectivity index (χ4n) is 3.61. The maximum atomic E-state index is 3.67. The van der Waals surface area contributed by atoms with Crippen LogP contribution >= 0.6 is 0 Å². The second-order valence-electron chi connectivity index (χ2n) is 5.94.